The molecule has 7 heteroatoms. The van der Waals surface area contributed by atoms with Gasteiger partial charge in [0.15, 0.2) is 0 Å². The lowest BCUT2D eigenvalue weighted by molar-refractivity contribution is 0.315. The number of rotatable bonds is 3. The monoisotopic (exact) mass is 378 g/mol. The second-order valence-corrected chi connectivity index (χ2v) is 8.04. The van der Waals surface area contributed by atoms with Crippen LogP contribution in [0.5, 0.6) is 0 Å². The maximum Gasteiger partial charge on any atom is 0.245 e. The quantitative estimate of drug-likeness (QED) is 0.818. The first kappa shape index (κ1) is 16.7. The van der Waals surface area contributed by atoms with Crippen molar-refractivity contribution in [3.63, 3.8) is 0 Å². The molecule has 0 saturated carbocycles. The Balaban J connectivity index is 2.47. The lowest BCUT2D eigenvalue weighted by Crippen LogP contribution is -2.39. The van der Waals surface area contributed by atoms with E-state index in [0.717, 1.165) is 38.2 Å². The van der Waals surface area contributed by atoms with Crippen molar-refractivity contribution >= 4 is 31.6 Å². The second kappa shape index (κ2) is 6.62. The zero-order chi connectivity index (χ0) is 15.6. The summed E-state index contributed by atoms with van der Waals surface area (Å²) in [5.74, 6) is -0.561. The smallest absolute Gasteiger partial charge is 0.245 e. The van der Waals surface area contributed by atoms with E-state index in [0.29, 0.717) is 6.54 Å². The summed E-state index contributed by atoms with van der Waals surface area (Å²) in [7, 11) is -3.70. The molecule has 0 aromatic heterocycles. The Hall–Kier alpha value is -0.660. The van der Waals surface area contributed by atoms with Crippen molar-refractivity contribution in [1.29, 1.82) is 0 Å². The Morgan fingerprint density at radius 3 is 2.76 bits per heavy atom. The average Bonchev–Trinajstić information content (AvgIpc) is 2.68. The third-order valence-corrected chi connectivity index (χ3v) is 6.55. The highest BCUT2D eigenvalue weighted by molar-refractivity contribution is 9.10. The van der Waals surface area contributed by atoms with Gasteiger partial charge >= 0.3 is 0 Å². The molecule has 1 aliphatic heterocycles. The summed E-state index contributed by atoms with van der Waals surface area (Å²) in [6.07, 6.45) is 4.54. The van der Waals surface area contributed by atoms with Gasteiger partial charge in [-0.3, -0.25) is 0 Å². The second-order valence-electron chi connectivity index (χ2n) is 5.33. The molecule has 1 aromatic carbocycles. The molecule has 1 saturated heterocycles. The SMILES string of the molecule is CCC1CCCCCN1S(=O)(=O)c1cc(Br)c(F)cc1N. The highest BCUT2D eigenvalue weighted by atomic mass is 79.9. The minimum absolute atomic E-state index is 0.0132. The largest absolute Gasteiger partial charge is 0.398 e. The molecular formula is C14H20BrFN2O2S. The first-order valence-electron chi connectivity index (χ1n) is 7.14. The fraction of sp³-hybridized carbons (Fsp3) is 0.571. The van der Waals surface area contributed by atoms with Gasteiger partial charge in [-0.15, -0.1) is 0 Å². The van der Waals surface area contributed by atoms with E-state index in [1.54, 1.807) is 0 Å². The van der Waals surface area contributed by atoms with Crippen molar-refractivity contribution < 1.29 is 12.8 Å². The van der Waals surface area contributed by atoms with Crippen LogP contribution in [0.25, 0.3) is 0 Å². The van der Waals surface area contributed by atoms with Crippen LogP contribution in [0.4, 0.5) is 10.1 Å². The van der Waals surface area contributed by atoms with Crippen LogP contribution in [-0.4, -0.2) is 25.3 Å². The number of nitrogens with two attached hydrogens (primary N) is 1. The minimum atomic E-state index is -3.70. The van der Waals surface area contributed by atoms with Crippen LogP contribution in [0, 0.1) is 5.82 Å². The molecule has 0 spiro atoms. The third-order valence-electron chi connectivity index (χ3n) is 3.93. The first-order chi connectivity index (χ1) is 9.87. The molecule has 2 N–H and O–H groups in total. The van der Waals surface area contributed by atoms with E-state index in [1.807, 2.05) is 6.92 Å². The summed E-state index contributed by atoms with van der Waals surface area (Å²) in [6, 6.07) is 2.30. The fourth-order valence-corrected chi connectivity index (χ4v) is 5.16. The van der Waals surface area contributed by atoms with Crippen LogP contribution in [0.1, 0.15) is 39.0 Å². The number of nitrogen functional groups attached to an aromatic ring is 1. The maximum absolute atomic E-state index is 13.5. The molecule has 1 atom stereocenters. The number of nitrogens with zero attached hydrogens (tertiary/aromatic N) is 1. The third kappa shape index (κ3) is 3.40. The van der Waals surface area contributed by atoms with Gasteiger partial charge in [0.1, 0.15) is 10.7 Å². The molecule has 1 aliphatic rings. The van der Waals surface area contributed by atoms with E-state index in [1.165, 1.54) is 10.4 Å². The fourth-order valence-electron chi connectivity index (χ4n) is 2.77. The van der Waals surface area contributed by atoms with Gasteiger partial charge in [0.2, 0.25) is 10.0 Å². The van der Waals surface area contributed by atoms with Gasteiger partial charge in [-0.05, 0) is 47.3 Å². The molecule has 1 fully saturated rings. The van der Waals surface area contributed by atoms with Crippen LogP contribution in [0.15, 0.2) is 21.5 Å². The Kier molecular flexibility index (Phi) is 5.27. The molecular weight excluding hydrogens is 359 g/mol. The van der Waals surface area contributed by atoms with Crippen molar-refractivity contribution in [2.75, 3.05) is 12.3 Å². The molecule has 1 unspecified atom stereocenters. The van der Waals surface area contributed by atoms with E-state index in [2.05, 4.69) is 15.9 Å². The lowest BCUT2D eigenvalue weighted by atomic mass is 10.1. The Morgan fingerprint density at radius 2 is 2.10 bits per heavy atom. The van der Waals surface area contributed by atoms with E-state index in [4.69, 9.17) is 5.73 Å². The molecule has 0 amide bonds. The normalized spacial score (nSPS) is 21.2. The number of benzene rings is 1. The lowest BCUT2D eigenvalue weighted by Gasteiger charge is -2.28. The predicted molar refractivity (Wildman–Crippen MR) is 85.0 cm³/mol. The summed E-state index contributed by atoms with van der Waals surface area (Å²) < 4.78 is 40.9. The van der Waals surface area contributed by atoms with E-state index >= 15 is 0 Å². The van der Waals surface area contributed by atoms with Crippen molar-refractivity contribution in [2.45, 2.75) is 50.0 Å². The van der Waals surface area contributed by atoms with Gasteiger partial charge in [0, 0.05) is 12.6 Å². The molecule has 21 heavy (non-hydrogen) atoms. The van der Waals surface area contributed by atoms with Crippen molar-refractivity contribution in [2.24, 2.45) is 0 Å². The molecule has 0 aliphatic carbocycles. The van der Waals surface area contributed by atoms with Crippen LogP contribution < -0.4 is 5.73 Å². The zero-order valence-corrected chi connectivity index (χ0v) is 14.4. The van der Waals surface area contributed by atoms with Crippen molar-refractivity contribution in [3.8, 4) is 0 Å². The highest BCUT2D eigenvalue weighted by Gasteiger charge is 2.33. The standard InChI is InChI=1S/C14H20BrFN2O2S/c1-2-10-6-4-3-5-7-18(10)21(19,20)14-8-11(15)12(16)9-13(14)17/h8-10H,2-7,17H2,1H3. The Bertz CT molecular complexity index is 622. The maximum atomic E-state index is 13.5. The molecule has 118 valence electrons. The van der Waals surface area contributed by atoms with Crippen LogP contribution in [-0.2, 0) is 10.0 Å². The number of sulfonamides is 1. The van der Waals surface area contributed by atoms with Gasteiger partial charge in [-0.2, -0.15) is 4.31 Å². The highest BCUT2D eigenvalue weighted by Crippen LogP contribution is 2.32. The number of anilines is 1. The van der Waals surface area contributed by atoms with E-state index in [-0.39, 0.29) is 21.1 Å². The summed E-state index contributed by atoms with van der Waals surface area (Å²) in [5, 5.41) is 0. The van der Waals surface area contributed by atoms with E-state index < -0.39 is 15.8 Å². The number of hydrogen-bond acceptors (Lipinski definition) is 3. The van der Waals surface area contributed by atoms with Gasteiger partial charge in [-0.1, -0.05) is 19.8 Å². The summed E-state index contributed by atoms with van der Waals surface area (Å²) in [5.41, 5.74) is 5.70. The molecule has 1 heterocycles. The Morgan fingerprint density at radius 1 is 1.38 bits per heavy atom. The molecule has 0 bridgehead atoms. The zero-order valence-electron chi connectivity index (χ0n) is 12.0. The minimum Gasteiger partial charge on any atom is -0.398 e. The predicted octanol–water partition coefficient (Wildman–Crippen LogP) is 3.51. The van der Waals surface area contributed by atoms with Crippen LogP contribution in [0.2, 0.25) is 0 Å². The molecule has 0 radical (unpaired) electrons. The summed E-state index contributed by atoms with van der Waals surface area (Å²) in [4.78, 5) is -0.0175. The average molecular weight is 379 g/mol. The number of halogens is 2. The molecule has 2 rings (SSSR count). The first-order valence-corrected chi connectivity index (χ1v) is 9.37. The summed E-state index contributed by atoms with van der Waals surface area (Å²) in [6.45, 7) is 2.48. The van der Waals surface area contributed by atoms with Crippen molar-refractivity contribution in [1.82, 2.24) is 4.31 Å². The van der Waals surface area contributed by atoms with Crippen LogP contribution >= 0.6 is 15.9 Å². The van der Waals surface area contributed by atoms with Gasteiger partial charge in [-0.25, -0.2) is 12.8 Å². The summed E-state index contributed by atoms with van der Waals surface area (Å²) >= 11 is 3.03. The number of hydrogen-bond donors (Lipinski definition) is 1. The molecule has 4 nitrogen and oxygen atoms in total. The van der Waals surface area contributed by atoms with E-state index in [9.17, 15) is 12.8 Å². The Labute approximate surface area is 133 Å². The topological polar surface area (TPSA) is 63.4 Å². The van der Waals surface area contributed by atoms with Crippen LogP contribution in [0.3, 0.4) is 0 Å². The van der Waals surface area contributed by atoms with Gasteiger partial charge in [0.25, 0.3) is 0 Å². The van der Waals surface area contributed by atoms with Gasteiger partial charge in [0.05, 0.1) is 10.2 Å². The van der Waals surface area contributed by atoms with Crippen molar-refractivity contribution in [3.05, 3.63) is 22.4 Å². The molecule has 1 aromatic rings. The van der Waals surface area contributed by atoms with Gasteiger partial charge < -0.3 is 5.73 Å².